The summed E-state index contributed by atoms with van der Waals surface area (Å²) in [5, 5.41) is 20.8. The van der Waals surface area contributed by atoms with E-state index in [0.29, 0.717) is 10.8 Å². The summed E-state index contributed by atoms with van der Waals surface area (Å²) in [5.74, 6) is 0.305. The summed E-state index contributed by atoms with van der Waals surface area (Å²) in [4.78, 5) is 0.0453. The van der Waals surface area contributed by atoms with E-state index in [-0.39, 0.29) is 17.2 Å². The average molecular weight is 398 g/mol. The van der Waals surface area contributed by atoms with Crippen LogP contribution in [-0.4, -0.2) is 44.0 Å². The van der Waals surface area contributed by atoms with Crippen molar-refractivity contribution in [2.24, 2.45) is 0 Å². The molecule has 1 aliphatic carbocycles. The van der Waals surface area contributed by atoms with Gasteiger partial charge in [-0.15, -0.1) is 0 Å². The fraction of sp³-hybridized carbons (Fsp3) is 0.333. The molecule has 4 atom stereocenters. The highest BCUT2D eigenvalue weighted by atomic mass is 35.5. The molecule has 0 aliphatic heterocycles. The van der Waals surface area contributed by atoms with Crippen LogP contribution in [0.1, 0.15) is 17.9 Å². The quantitative estimate of drug-likeness (QED) is 0.716. The fourth-order valence-corrected chi connectivity index (χ4v) is 4.65. The Balaban J connectivity index is 1.88. The molecule has 0 aromatic heterocycles. The van der Waals surface area contributed by atoms with Gasteiger partial charge < -0.3 is 14.9 Å². The molecule has 1 saturated carbocycles. The van der Waals surface area contributed by atoms with Crippen molar-refractivity contribution in [3.8, 4) is 5.75 Å². The van der Waals surface area contributed by atoms with Crippen LogP contribution in [-0.2, 0) is 10.0 Å². The molecule has 0 amide bonds. The molecule has 1 aliphatic rings. The molecule has 0 saturated heterocycles. The maximum atomic E-state index is 12.7. The summed E-state index contributed by atoms with van der Waals surface area (Å²) in [6.07, 6.45) is -1.97. The van der Waals surface area contributed by atoms with Gasteiger partial charge in [0, 0.05) is 10.9 Å². The summed E-state index contributed by atoms with van der Waals surface area (Å²) in [6.45, 7) is 0. The minimum absolute atomic E-state index is 0.0453. The van der Waals surface area contributed by atoms with Crippen LogP contribution in [0.3, 0.4) is 0 Å². The molecular formula is C18H20ClNO5S. The number of sulfonamides is 1. The lowest BCUT2D eigenvalue weighted by Crippen LogP contribution is -2.45. The Labute approximate surface area is 157 Å². The van der Waals surface area contributed by atoms with E-state index < -0.39 is 28.3 Å². The highest BCUT2D eigenvalue weighted by Gasteiger charge is 2.44. The first-order valence-corrected chi connectivity index (χ1v) is 9.96. The predicted molar refractivity (Wildman–Crippen MR) is 97.9 cm³/mol. The minimum Gasteiger partial charge on any atom is -0.497 e. The number of rotatable bonds is 5. The Bertz CT molecular complexity index is 854. The summed E-state index contributed by atoms with van der Waals surface area (Å²) in [6, 6.07) is 12.0. The second-order valence-electron chi connectivity index (χ2n) is 6.27. The number of aliphatic hydroxyl groups is 2. The number of aliphatic hydroxyl groups excluding tert-OH is 2. The third-order valence-electron chi connectivity index (χ3n) is 4.65. The number of ether oxygens (including phenoxy) is 1. The van der Waals surface area contributed by atoms with E-state index >= 15 is 0 Å². The number of nitrogens with one attached hydrogen (secondary N) is 1. The Morgan fingerprint density at radius 1 is 1.08 bits per heavy atom. The predicted octanol–water partition coefficient (Wildman–Crippen LogP) is 1.90. The minimum atomic E-state index is -3.87. The van der Waals surface area contributed by atoms with E-state index in [4.69, 9.17) is 16.3 Å². The second kappa shape index (κ2) is 7.54. The van der Waals surface area contributed by atoms with Gasteiger partial charge >= 0.3 is 0 Å². The molecule has 2 aromatic carbocycles. The molecule has 4 unspecified atom stereocenters. The van der Waals surface area contributed by atoms with E-state index in [0.717, 1.165) is 5.56 Å². The molecule has 0 bridgehead atoms. The largest absolute Gasteiger partial charge is 0.497 e. The van der Waals surface area contributed by atoms with Gasteiger partial charge in [-0.3, -0.25) is 0 Å². The first-order valence-electron chi connectivity index (χ1n) is 8.10. The number of methoxy groups -OCH3 is 1. The van der Waals surface area contributed by atoms with Crippen LogP contribution in [0.2, 0.25) is 5.02 Å². The van der Waals surface area contributed by atoms with Crippen molar-refractivity contribution >= 4 is 21.6 Å². The molecule has 8 heteroatoms. The van der Waals surface area contributed by atoms with Crippen LogP contribution in [0.15, 0.2) is 53.4 Å². The van der Waals surface area contributed by atoms with E-state index in [1.807, 2.05) is 0 Å². The van der Waals surface area contributed by atoms with Crippen LogP contribution < -0.4 is 9.46 Å². The van der Waals surface area contributed by atoms with Crippen molar-refractivity contribution < 1.29 is 23.4 Å². The van der Waals surface area contributed by atoms with E-state index in [9.17, 15) is 18.6 Å². The SMILES string of the molecule is COc1ccc(C2CC(O)C(O)C2NS(=O)(=O)c2ccc(Cl)cc2)cc1. The van der Waals surface area contributed by atoms with Crippen LogP contribution in [0.5, 0.6) is 5.75 Å². The van der Waals surface area contributed by atoms with Crippen LogP contribution in [0.25, 0.3) is 0 Å². The van der Waals surface area contributed by atoms with E-state index in [1.165, 1.54) is 24.3 Å². The topological polar surface area (TPSA) is 95.9 Å². The van der Waals surface area contributed by atoms with Crippen LogP contribution >= 0.6 is 11.6 Å². The van der Waals surface area contributed by atoms with E-state index in [2.05, 4.69) is 4.72 Å². The third kappa shape index (κ3) is 3.87. The first-order chi connectivity index (χ1) is 12.3. The maximum absolute atomic E-state index is 12.7. The molecule has 0 radical (unpaired) electrons. The van der Waals surface area contributed by atoms with Gasteiger partial charge in [0.05, 0.1) is 30.3 Å². The van der Waals surface area contributed by atoms with Crippen molar-refractivity contribution in [3.05, 3.63) is 59.1 Å². The molecule has 0 spiro atoms. The summed E-state index contributed by atoms with van der Waals surface area (Å²) in [5.41, 5.74) is 0.810. The average Bonchev–Trinajstić information content (AvgIpc) is 2.90. The number of hydrogen-bond donors (Lipinski definition) is 3. The van der Waals surface area contributed by atoms with E-state index in [1.54, 1.807) is 31.4 Å². The number of halogens is 1. The Morgan fingerprint density at radius 3 is 2.27 bits per heavy atom. The molecule has 3 rings (SSSR count). The van der Waals surface area contributed by atoms with Crippen molar-refractivity contribution in [2.45, 2.75) is 35.5 Å². The Hall–Kier alpha value is -1.64. The molecule has 26 heavy (non-hydrogen) atoms. The van der Waals surface area contributed by atoms with Gasteiger partial charge in [-0.25, -0.2) is 13.1 Å². The fourth-order valence-electron chi connectivity index (χ4n) is 3.23. The van der Waals surface area contributed by atoms with Gasteiger partial charge in [-0.2, -0.15) is 0 Å². The lowest BCUT2D eigenvalue weighted by atomic mass is 9.94. The maximum Gasteiger partial charge on any atom is 0.240 e. The van der Waals surface area contributed by atoms with Crippen molar-refractivity contribution in [1.82, 2.24) is 4.72 Å². The van der Waals surface area contributed by atoms with Crippen molar-refractivity contribution in [1.29, 1.82) is 0 Å². The second-order valence-corrected chi connectivity index (χ2v) is 8.42. The summed E-state index contributed by atoms with van der Waals surface area (Å²) < 4.78 is 33.0. The molecule has 0 heterocycles. The van der Waals surface area contributed by atoms with Gasteiger partial charge in [0.25, 0.3) is 0 Å². The highest BCUT2D eigenvalue weighted by molar-refractivity contribution is 7.89. The Morgan fingerprint density at radius 2 is 1.69 bits per heavy atom. The summed E-state index contributed by atoms with van der Waals surface area (Å²) >= 11 is 5.80. The van der Waals surface area contributed by atoms with Crippen LogP contribution in [0.4, 0.5) is 0 Å². The molecule has 140 valence electrons. The standard InChI is InChI=1S/C18H20ClNO5S/c1-25-13-6-2-11(3-7-13)15-10-16(21)18(22)17(15)20-26(23,24)14-8-4-12(19)5-9-14/h2-9,15-18,20-22H,10H2,1H3. The number of benzene rings is 2. The number of hydrogen-bond acceptors (Lipinski definition) is 5. The van der Waals surface area contributed by atoms with Gasteiger partial charge in [-0.1, -0.05) is 23.7 Å². The lowest BCUT2D eigenvalue weighted by molar-refractivity contribution is 0.0338. The van der Waals surface area contributed by atoms with Crippen molar-refractivity contribution in [2.75, 3.05) is 7.11 Å². The smallest absolute Gasteiger partial charge is 0.240 e. The first kappa shape index (κ1) is 19.1. The van der Waals surface area contributed by atoms with Gasteiger partial charge in [0.2, 0.25) is 10.0 Å². The normalized spacial score (nSPS) is 26.0. The third-order valence-corrected chi connectivity index (χ3v) is 6.38. The molecule has 6 nitrogen and oxygen atoms in total. The molecule has 2 aromatic rings. The zero-order chi connectivity index (χ0) is 18.9. The zero-order valence-electron chi connectivity index (χ0n) is 14.0. The van der Waals surface area contributed by atoms with Gasteiger partial charge in [0.15, 0.2) is 0 Å². The Kier molecular flexibility index (Phi) is 5.55. The van der Waals surface area contributed by atoms with Gasteiger partial charge in [-0.05, 0) is 48.4 Å². The monoisotopic (exact) mass is 397 g/mol. The zero-order valence-corrected chi connectivity index (χ0v) is 15.6. The van der Waals surface area contributed by atoms with Gasteiger partial charge in [0.1, 0.15) is 5.75 Å². The molecule has 1 fully saturated rings. The molecular weight excluding hydrogens is 378 g/mol. The molecule has 3 N–H and O–H groups in total. The van der Waals surface area contributed by atoms with Crippen molar-refractivity contribution in [3.63, 3.8) is 0 Å². The highest BCUT2D eigenvalue weighted by Crippen LogP contribution is 2.36. The van der Waals surface area contributed by atoms with Crippen LogP contribution in [0, 0.1) is 0 Å². The summed E-state index contributed by atoms with van der Waals surface area (Å²) in [7, 11) is -2.32. The lowest BCUT2D eigenvalue weighted by Gasteiger charge is -2.24.